The summed E-state index contributed by atoms with van der Waals surface area (Å²) in [5.74, 6) is 0.620. The summed E-state index contributed by atoms with van der Waals surface area (Å²) >= 11 is 0. The number of aliphatic hydroxyl groups is 1. The first-order chi connectivity index (χ1) is 11.6. The number of hydrogen-bond donors (Lipinski definition) is 1. The average Bonchev–Trinajstić information content (AvgIpc) is 2.60. The third kappa shape index (κ3) is 2.53. The topological polar surface area (TPSA) is 65.7 Å². The van der Waals surface area contributed by atoms with Gasteiger partial charge in [-0.25, -0.2) is 4.39 Å². The monoisotopic (exact) mass is 328 g/mol. The van der Waals surface area contributed by atoms with Gasteiger partial charge in [0.1, 0.15) is 35.1 Å². The Hall–Kier alpha value is -2.78. The number of β-amino-alcohol motifs (C(OH)–C–C–N with tert-alkyl or cyclic N) is 1. The predicted octanol–water partition coefficient (Wildman–Crippen LogP) is 2.77. The molecule has 3 rings (SSSR count). The zero-order chi connectivity index (χ0) is 17.3. The van der Waals surface area contributed by atoms with Crippen LogP contribution in [0.1, 0.15) is 22.8 Å². The standard InChI is InChI=1S/C18H17FN2O3/c1-23-16-6-7-17(24-2)18-12(16)9-21(10-15(18)22)14-5-3-4-13(19)11(14)8-20/h3-7,15,22H,9-10H2,1-2H3. The fraction of sp³-hybridized carbons (Fsp3) is 0.278. The number of rotatable bonds is 3. The maximum Gasteiger partial charge on any atom is 0.143 e. The maximum atomic E-state index is 13.9. The lowest BCUT2D eigenvalue weighted by Gasteiger charge is -2.35. The van der Waals surface area contributed by atoms with Crippen LogP contribution in [-0.2, 0) is 6.54 Å². The Morgan fingerprint density at radius 3 is 2.58 bits per heavy atom. The number of ether oxygens (including phenoxy) is 2. The third-order valence-electron chi connectivity index (χ3n) is 4.23. The molecular formula is C18H17FN2O3. The van der Waals surface area contributed by atoms with Crippen LogP contribution in [0.4, 0.5) is 10.1 Å². The van der Waals surface area contributed by atoms with Crippen molar-refractivity contribution in [2.24, 2.45) is 0 Å². The summed E-state index contributed by atoms with van der Waals surface area (Å²) in [7, 11) is 3.10. The SMILES string of the molecule is COc1ccc(OC)c2c1CN(c1cccc(F)c1C#N)CC2O. The number of nitrogens with zero attached hydrogens (tertiary/aromatic N) is 2. The molecule has 0 fully saturated rings. The fourth-order valence-corrected chi connectivity index (χ4v) is 3.15. The molecule has 0 radical (unpaired) electrons. The summed E-state index contributed by atoms with van der Waals surface area (Å²) in [6, 6.07) is 9.89. The molecular weight excluding hydrogens is 311 g/mol. The molecule has 6 heteroatoms. The van der Waals surface area contributed by atoms with Crippen molar-refractivity contribution < 1.29 is 19.0 Å². The van der Waals surface area contributed by atoms with Crippen molar-refractivity contribution in [2.75, 3.05) is 25.7 Å². The largest absolute Gasteiger partial charge is 0.496 e. The van der Waals surface area contributed by atoms with E-state index in [9.17, 15) is 14.8 Å². The van der Waals surface area contributed by atoms with Gasteiger partial charge in [0.05, 0.1) is 19.9 Å². The van der Waals surface area contributed by atoms with E-state index in [1.807, 2.05) is 6.07 Å². The van der Waals surface area contributed by atoms with Gasteiger partial charge in [-0.2, -0.15) is 5.26 Å². The van der Waals surface area contributed by atoms with E-state index in [2.05, 4.69) is 0 Å². The molecule has 0 amide bonds. The number of nitriles is 1. The van der Waals surface area contributed by atoms with Crippen LogP contribution in [-0.4, -0.2) is 25.9 Å². The van der Waals surface area contributed by atoms with E-state index in [1.165, 1.54) is 6.07 Å². The van der Waals surface area contributed by atoms with Gasteiger partial charge in [0.15, 0.2) is 0 Å². The number of hydrogen-bond acceptors (Lipinski definition) is 5. The molecule has 124 valence electrons. The van der Waals surface area contributed by atoms with E-state index >= 15 is 0 Å². The molecule has 5 nitrogen and oxygen atoms in total. The second-order valence-electron chi connectivity index (χ2n) is 5.50. The lowest BCUT2D eigenvalue weighted by atomic mass is 9.94. The van der Waals surface area contributed by atoms with Crippen LogP contribution < -0.4 is 14.4 Å². The van der Waals surface area contributed by atoms with Crippen LogP contribution in [0.15, 0.2) is 30.3 Å². The Labute approximate surface area is 139 Å². The first-order valence-corrected chi connectivity index (χ1v) is 7.46. The number of anilines is 1. The summed E-state index contributed by atoms with van der Waals surface area (Å²) in [5, 5.41) is 19.9. The molecule has 0 saturated heterocycles. The van der Waals surface area contributed by atoms with Crippen molar-refractivity contribution in [2.45, 2.75) is 12.6 Å². The molecule has 0 aromatic heterocycles. The van der Waals surface area contributed by atoms with Gasteiger partial charge < -0.3 is 19.5 Å². The van der Waals surface area contributed by atoms with Gasteiger partial charge in [-0.05, 0) is 24.3 Å². The summed E-state index contributed by atoms with van der Waals surface area (Å²) in [6.07, 6.45) is -0.839. The Morgan fingerprint density at radius 1 is 1.21 bits per heavy atom. The number of methoxy groups -OCH3 is 2. The van der Waals surface area contributed by atoms with Gasteiger partial charge in [-0.3, -0.25) is 0 Å². The highest BCUT2D eigenvalue weighted by Gasteiger charge is 2.31. The molecule has 1 heterocycles. The first-order valence-electron chi connectivity index (χ1n) is 7.46. The molecule has 0 saturated carbocycles. The Kier molecular flexibility index (Phi) is 4.28. The highest BCUT2D eigenvalue weighted by molar-refractivity contribution is 5.63. The van der Waals surface area contributed by atoms with E-state index in [1.54, 1.807) is 43.4 Å². The van der Waals surface area contributed by atoms with Crippen LogP contribution in [0, 0.1) is 17.1 Å². The minimum Gasteiger partial charge on any atom is -0.496 e. The Bertz CT molecular complexity index is 817. The molecule has 2 aromatic carbocycles. The quantitative estimate of drug-likeness (QED) is 0.938. The van der Waals surface area contributed by atoms with Crippen molar-refractivity contribution in [3.8, 4) is 17.6 Å². The second kappa shape index (κ2) is 6.38. The summed E-state index contributed by atoms with van der Waals surface area (Å²) in [4.78, 5) is 1.77. The van der Waals surface area contributed by atoms with Gasteiger partial charge >= 0.3 is 0 Å². The van der Waals surface area contributed by atoms with Crippen molar-refractivity contribution in [1.82, 2.24) is 0 Å². The van der Waals surface area contributed by atoms with Crippen LogP contribution in [0.3, 0.4) is 0 Å². The first kappa shape index (κ1) is 16.1. The molecule has 1 unspecified atom stereocenters. The number of fused-ring (bicyclic) bond motifs is 1. The lowest BCUT2D eigenvalue weighted by Crippen LogP contribution is -2.34. The molecule has 0 aliphatic carbocycles. The van der Waals surface area contributed by atoms with Gasteiger partial charge in [0, 0.05) is 24.2 Å². The Balaban J connectivity index is 2.10. The van der Waals surface area contributed by atoms with Gasteiger partial charge in [0.25, 0.3) is 0 Å². The van der Waals surface area contributed by atoms with Crippen LogP contribution in [0.2, 0.25) is 0 Å². The van der Waals surface area contributed by atoms with Crippen LogP contribution >= 0.6 is 0 Å². The number of aliphatic hydroxyl groups excluding tert-OH is 1. The van der Waals surface area contributed by atoms with Crippen LogP contribution in [0.25, 0.3) is 0 Å². The molecule has 1 N–H and O–H groups in total. The highest BCUT2D eigenvalue weighted by atomic mass is 19.1. The third-order valence-corrected chi connectivity index (χ3v) is 4.23. The number of benzene rings is 2. The predicted molar refractivity (Wildman–Crippen MR) is 86.7 cm³/mol. The zero-order valence-electron chi connectivity index (χ0n) is 13.4. The average molecular weight is 328 g/mol. The number of halogens is 1. The van der Waals surface area contributed by atoms with E-state index in [4.69, 9.17) is 9.47 Å². The van der Waals surface area contributed by atoms with E-state index < -0.39 is 11.9 Å². The van der Waals surface area contributed by atoms with Crippen molar-refractivity contribution in [3.05, 3.63) is 52.8 Å². The van der Waals surface area contributed by atoms with E-state index in [0.717, 1.165) is 5.56 Å². The van der Waals surface area contributed by atoms with E-state index in [0.29, 0.717) is 29.3 Å². The van der Waals surface area contributed by atoms with E-state index in [-0.39, 0.29) is 12.1 Å². The zero-order valence-corrected chi connectivity index (χ0v) is 13.4. The minimum atomic E-state index is -0.839. The van der Waals surface area contributed by atoms with Crippen molar-refractivity contribution in [3.63, 3.8) is 0 Å². The van der Waals surface area contributed by atoms with Crippen molar-refractivity contribution in [1.29, 1.82) is 5.26 Å². The minimum absolute atomic E-state index is 0.0324. The molecule has 1 aliphatic rings. The lowest BCUT2D eigenvalue weighted by molar-refractivity contribution is 0.169. The second-order valence-corrected chi connectivity index (χ2v) is 5.50. The smallest absolute Gasteiger partial charge is 0.143 e. The maximum absolute atomic E-state index is 13.9. The summed E-state index contributed by atoms with van der Waals surface area (Å²) in [6.45, 7) is 0.611. The van der Waals surface area contributed by atoms with Gasteiger partial charge in [-0.15, -0.1) is 0 Å². The summed E-state index contributed by atoms with van der Waals surface area (Å²) in [5.41, 5.74) is 1.86. The van der Waals surface area contributed by atoms with Gasteiger partial charge in [-0.1, -0.05) is 6.07 Å². The molecule has 1 aliphatic heterocycles. The fourth-order valence-electron chi connectivity index (χ4n) is 3.15. The van der Waals surface area contributed by atoms with Crippen LogP contribution in [0.5, 0.6) is 11.5 Å². The van der Waals surface area contributed by atoms with Gasteiger partial charge in [0.2, 0.25) is 0 Å². The molecule has 2 aromatic rings. The highest BCUT2D eigenvalue weighted by Crippen LogP contribution is 2.41. The van der Waals surface area contributed by atoms with Crippen molar-refractivity contribution >= 4 is 5.69 Å². The molecule has 24 heavy (non-hydrogen) atoms. The normalized spacial score (nSPS) is 16.3. The molecule has 0 bridgehead atoms. The summed E-state index contributed by atoms with van der Waals surface area (Å²) < 4.78 is 24.6. The molecule has 1 atom stereocenters. The molecule has 0 spiro atoms. The Morgan fingerprint density at radius 2 is 1.92 bits per heavy atom.